The van der Waals surface area contributed by atoms with E-state index in [1.807, 2.05) is 12.3 Å². The molecule has 0 heterocycles. The van der Waals surface area contributed by atoms with E-state index in [0.717, 1.165) is 36.5 Å². The molecule has 0 N–H and O–H groups in total. The number of nitrogens with zero attached hydrogens (tertiary/aromatic N) is 2. The Morgan fingerprint density at radius 1 is 0.909 bits per heavy atom. The number of allylic oxidation sites excluding steroid dienone is 1. The number of aryl methyl sites for hydroxylation is 1. The Morgan fingerprint density at radius 3 is 2.36 bits per heavy atom. The van der Waals surface area contributed by atoms with Crippen molar-refractivity contribution in [2.24, 2.45) is 22.0 Å². The SMILES string of the molecule is C=CCCCc1ccc(C=NN=C(c2ccccc2)C2CCC(CCCCCC)CC2)cc1. The average molecular weight is 443 g/mol. The van der Waals surface area contributed by atoms with Crippen molar-refractivity contribution in [3.05, 3.63) is 83.9 Å². The molecule has 0 atom stereocenters. The third-order valence-electron chi connectivity index (χ3n) is 6.99. The largest absolute Gasteiger partial charge is 0.158 e. The van der Waals surface area contributed by atoms with Gasteiger partial charge < -0.3 is 0 Å². The first-order chi connectivity index (χ1) is 16.3. The van der Waals surface area contributed by atoms with Gasteiger partial charge in [-0.1, -0.05) is 99.7 Å². The van der Waals surface area contributed by atoms with Crippen LogP contribution in [0.15, 0.2) is 77.5 Å². The van der Waals surface area contributed by atoms with Crippen molar-refractivity contribution in [1.29, 1.82) is 0 Å². The molecule has 1 aliphatic rings. The smallest absolute Gasteiger partial charge is 0.0733 e. The Kier molecular flexibility index (Phi) is 11.1. The molecule has 2 heteroatoms. The highest BCUT2D eigenvalue weighted by Crippen LogP contribution is 2.34. The summed E-state index contributed by atoms with van der Waals surface area (Å²) in [4.78, 5) is 0. The molecule has 0 aliphatic heterocycles. The van der Waals surface area contributed by atoms with Gasteiger partial charge in [-0.05, 0) is 67.6 Å². The van der Waals surface area contributed by atoms with E-state index >= 15 is 0 Å². The first-order valence-electron chi connectivity index (χ1n) is 13.2. The molecule has 0 unspecified atom stereocenters. The predicted octanol–water partition coefficient (Wildman–Crippen LogP) is 8.80. The van der Waals surface area contributed by atoms with Gasteiger partial charge in [0, 0.05) is 5.92 Å². The molecule has 1 saturated carbocycles. The fourth-order valence-electron chi connectivity index (χ4n) is 4.95. The van der Waals surface area contributed by atoms with Gasteiger partial charge in [0.05, 0.1) is 11.9 Å². The number of rotatable bonds is 13. The lowest BCUT2D eigenvalue weighted by Crippen LogP contribution is -2.22. The molecule has 0 spiro atoms. The molecule has 2 nitrogen and oxygen atoms in total. The number of hydrogen-bond acceptors (Lipinski definition) is 2. The Labute approximate surface area is 201 Å². The molecule has 0 bridgehead atoms. The molecule has 3 rings (SSSR count). The van der Waals surface area contributed by atoms with Crippen LogP contribution in [-0.4, -0.2) is 11.9 Å². The summed E-state index contributed by atoms with van der Waals surface area (Å²) in [6.07, 6.45) is 19.3. The summed E-state index contributed by atoms with van der Waals surface area (Å²) in [5, 5.41) is 9.32. The van der Waals surface area contributed by atoms with Crippen molar-refractivity contribution in [3.8, 4) is 0 Å². The molecular weight excluding hydrogens is 400 g/mol. The molecule has 0 aromatic heterocycles. The third-order valence-corrected chi connectivity index (χ3v) is 6.99. The van der Waals surface area contributed by atoms with Crippen molar-refractivity contribution in [2.45, 2.75) is 84.0 Å². The lowest BCUT2D eigenvalue weighted by molar-refractivity contribution is 0.298. The minimum absolute atomic E-state index is 0.517. The maximum atomic E-state index is 4.78. The average Bonchev–Trinajstić information content (AvgIpc) is 2.87. The van der Waals surface area contributed by atoms with Crippen molar-refractivity contribution >= 4 is 11.9 Å². The van der Waals surface area contributed by atoms with Crippen LogP contribution in [0.1, 0.15) is 94.2 Å². The topological polar surface area (TPSA) is 24.7 Å². The van der Waals surface area contributed by atoms with Gasteiger partial charge in [0.15, 0.2) is 0 Å². The van der Waals surface area contributed by atoms with Crippen LogP contribution in [0, 0.1) is 11.8 Å². The molecule has 0 saturated heterocycles. The molecule has 33 heavy (non-hydrogen) atoms. The lowest BCUT2D eigenvalue weighted by atomic mass is 9.76. The zero-order valence-electron chi connectivity index (χ0n) is 20.6. The summed E-state index contributed by atoms with van der Waals surface area (Å²) in [5.41, 5.74) is 4.86. The van der Waals surface area contributed by atoms with Gasteiger partial charge in [0.25, 0.3) is 0 Å². The fraction of sp³-hybridized carbons (Fsp3) is 0.484. The van der Waals surface area contributed by atoms with Crippen LogP contribution in [0.2, 0.25) is 0 Å². The van der Waals surface area contributed by atoms with E-state index in [0.29, 0.717) is 5.92 Å². The summed E-state index contributed by atoms with van der Waals surface area (Å²) in [6.45, 7) is 6.09. The van der Waals surface area contributed by atoms with Gasteiger partial charge in [0.2, 0.25) is 0 Å². The number of benzene rings is 2. The van der Waals surface area contributed by atoms with Gasteiger partial charge in [0.1, 0.15) is 0 Å². The normalized spacial score (nSPS) is 19.1. The zero-order chi connectivity index (χ0) is 23.1. The van der Waals surface area contributed by atoms with Gasteiger partial charge >= 0.3 is 0 Å². The minimum Gasteiger partial charge on any atom is -0.158 e. The molecule has 2 aromatic carbocycles. The van der Waals surface area contributed by atoms with Crippen LogP contribution in [0.3, 0.4) is 0 Å². The predicted molar refractivity (Wildman–Crippen MR) is 144 cm³/mol. The van der Waals surface area contributed by atoms with E-state index in [4.69, 9.17) is 5.10 Å². The van der Waals surface area contributed by atoms with Crippen LogP contribution >= 0.6 is 0 Å². The third kappa shape index (κ3) is 8.76. The van der Waals surface area contributed by atoms with Gasteiger partial charge in [-0.3, -0.25) is 0 Å². The second kappa shape index (κ2) is 14.6. The van der Waals surface area contributed by atoms with Crippen LogP contribution in [-0.2, 0) is 6.42 Å². The first kappa shape index (κ1) is 25.1. The van der Waals surface area contributed by atoms with E-state index in [9.17, 15) is 0 Å². The summed E-state index contributed by atoms with van der Waals surface area (Å²) in [7, 11) is 0. The van der Waals surface area contributed by atoms with Crippen LogP contribution < -0.4 is 0 Å². The van der Waals surface area contributed by atoms with Gasteiger partial charge in [-0.15, -0.1) is 6.58 Å². The van der Waals surface area contributed by atoms with E-state index in [2.05, 4.69) is 73.2 Å². The van der Waals surface area contributed by atoms with Crippen LogP contribution in [0.25, 0.3) is 0 Å². The lowest BCUT2D eigenvalue weighted by Gasteiger charge is -2.29. The van der Waals surface area contributed by atoms with E-state index in [-0.39, 0.29) is 0 Å². The van der Waals surface area contributed by atoms with E-state index in [1.54, 1.807) is 0 Å². The summed E-state index contributed by atoms with van der Waals surface area (Å²) < 4.78 is 0. The highest BCUT2D eigenvalue weighted by molar-refractivity contribution is 6.02. The Bertz CT molecular complexity index is 856. The molecule has 2 aromatic rings. The zero-order valence-corrected chi connectivity index (χ0v) is 20.6. The molecule has 0 radical (unpaired) electrons. The fourth-order valence-corrected chi connectivity index (χ4v) is 4.95. The first-order valence-corrected chi connectivity index (χ1v) is 13.2. The Hall–Kier alpha value is -2.48. The molecule has 176 valence electrons. The van der Waals surface area contributed by atoms with E-state index in [1.165, 1.54) is 68.9 Å². The number of unbranched alkanes of at least 4 members (excludes halogenated alkanes) is 4. The van der Waals surface area contributed by atoms with Crippen molar-refractivity contribution < 1.29 is 0 Å². The second-order valence-electron chi connectivity index (χ2n) is 9.59. The number of hydrogen-bond donors (Lipinski definition) is 0. The highest BCUT2D eigenvalue weighted by Gasteiger charge is 2.25. The summed E-state index contributed by atoms with van der Waals surface area (Å²) in [6, 6.07) is 19.4. The molecule has 1 aliphatic carbocycles. The quantitative estimate of drug-likeness (QED) is 0.128. The van der Waals surface area contributed by atoms with Crippen LogP contribution in [0.4, 0.5) is 0 Å². The molecular formula is C31H42N2. The molecule has 1 fully saturated rings. The maximum Gasteiger partial charge on any atom is 0.0733 e. The van der Waals surface area contributed by atoms with Crippen molar-refractivity contribution in [1.82, 2.24) is 0 Å². The second-order valence-corrected chi connectivity index (χ2v) is 9.59. The standard InChI is InChI=1S/C31H42N2/c1-3-5-7-10-14-27-21-23-30(24-22-27)31(29-15-11-8-12-16-29)33-32-25-28-19-17-26(18-20-28)13-9-6-4-2/h4,8,11-12,15-20,25,27,30H,2-3,5-7,9-10,13-14,21-24H2,1H3. The summed E-state index contributed by atoms with van der Waals surface area (Å²) in [5.74, 6) is 1.42. The van der Waals surface area contributed by atoms with Crippen LogP contribution in [0.5, 0.6) is 0 Å². The van der Waals surface area contributed by atoms with E-state index < -0.39 is 0 Å². The minimum atomic E-state index is 0.517. The monoisotopic (exact) mass is 442 g/mol. The van der Waals surface area contributed by atoms with Gasteiger partial charge in [-0.2, -0.15) is 10.2 Å². The Balaban J connectivity index is 1.61. The van der Waals surface area contributed by atoms with Crippen molar-refractivity contribution in [3.63, 3.8) is 0 Å². The molecule has 0 amide bonds. The maximum absolute atomic E-state index is 4.78. The Morgan fingerprint density at radius 2 is 1.67 bits per heavy atom. The highest BCUT2D eigenvalue weighted by atomic mass is 15.2. The van der Waals surface area contributed by atoms with Gasteiger partial charge in [-0.25, -0.2) is 0 Å². The van der Waals surface area contributed by atoms with Crippen molar-refractivity contribution in [2.75, 3.05) is 0 Å². The summed E-state index contributed by atoms with van der Waals surface area (Å²) >= 11 is 0.